The van der Waals surface area contributed by atoms with Crippen LogP contribution in [0.1, 0.15) is 17.3 Å². The summed E-state index contributed by atoms with van der Waals surface area (Å²) in [5, 5.41) is 19.8. The van der Waals surface area contributed by atoms with Crippen LogP contribution in [0, 0.1) is 10.1 Å². The minimum Gasteiger partial charge on any atom is -0.457 e. The van der Waals surface area contributed by atoms with Crippen LogP contribution in [0.2, 0.25) is 0 Å². The Balaban J connectivity index is 1.91. The first-order valence-corrected chi connectivity index (χ1v) is 6.11. The Morgan fingerprint density at radius 2 is 2.43 bits per heavy atom. The predicted octanol–water partition coefficient (Wildman–Crippen LogP) is 1.37. The predicted molar refractivity (Wildman–Crippen MR) is 72.8 cm³/mol. The number of rotatable bonds is 6. The Labute approximate surface area is 119 Å². The third-order valence-corrected chi connectivity index (χ3v) is 2.58. The molecule has 0 radical (unpaired) electrons. The van der Waals surface area contributed by atoms with E-state index in [9.17, 15) is 14.9 Å². The number of aromatic nitrogens is 3. The number of ether oxygens (including phenoxy) is 1. The number of H-pyrrole nitrogens is 1. The van der Waals surface area contributed by atoms with E-state index in [2.05, 4.69) is 20.5 Å². The van der Waals surface area contributed by atoms with E-state index in [1.165, 1.54) is 30.7 Å². The summed E-state index contributed by atoms with van der Waals surface area (Å²) in [4.78, 5) is 25.9. The lowest BCUT2D eigenvalue weighted by atomic mass is 10.3. The van der Waals surface area contributed by atoms with Gasteiger partial charge in [-0.2, -0.15) is 5.10 Å². The lowest BCUT2D eigenvalue weighted by Gasteiger charge is -2.13. The molecule has 110 valence electrons. The Hall–Kier alpha value is -2.97. The normalized spacial score (nSPS) is 11.7. The van der Waals surface area contributed by atoms with Gasteiger partial charge in [-0.3, -0.25) is 15.2 Å². The molecule has 2 aromatic rings. The van der Waals surface area contributed by atoms with Gasteiger partial charge in [0.05, 0.1) is 23.2 Å². The molecule has 0 fully saturated rings. The van der Waals surface area contributed by atoms with E-state index in [1.807, 2.05) is 0 Å². The van der Waals surface area contributed by atoms with Gasteiger partial charge in [0.2, 0.25) is 5.82 Å². The van der Waals surface area contributed by atoms with Crippen LogP contribution >= 0.6 is 0 Å². The van der Waals surface area contributed by atoms with E-state index in [4.69, 9.17) is 4.74 Å². The van der Waals surface area contributed by atoms with E-state index in [-0.39, 0.29) is 18.1 Å². The summed E-state index contributed by atoms with van der Waals surface area (Å²) in [5.41, 5.74) is 0.177. The molecular formula is C12H13N5O4. The first kappa shape index (κ1) is 14.4. The minimum absolute atomic E-state index is 0.133. The maximum Gasteiger partial charge on any atom is 0.341 e. The summed E-state index contributed by atoms with van der Waals surface area (Å²) < 4.78 is 5.16. The molecule has 0 saturated heterocycles. The van der Waals surface area contributed by atoms with Crippen molar-refractivity contribution in [2.24, 2.45) is 0 Å². The fourth-order valence-electron chi connectivity index (χ4n) is 1.58. The third-order valence-electron chi connectivity index (χ3n) is 2.58. The standard InChI is InChI=1S/C12H13N5O4/c1-8(21-12(18)9-6-15-16-7-9)5-14-11-10(17(19)20)3-2-4-13-11/h2-4,6-8H,5H2,1H3,(H,13,14)(H,15,16). The van der Waals surface area contributed by atoms with Crippen molar-refractivity contribution in [1.29, 1.82) is 0 Å². The summed E-state index contributed by atoms with van der Waals surface area (Å²) in [6, 6.07) is 2.82. The van der Waals surface area contributed by atoms with Gasteiger partial charge in [-0.05, 0) is 13.0 Å². The second kappa shape index (κ2) is 6.46. The number of carbonyl (C=O) groups is 1. The number of aromatic amines is 1. The summed E-state index contributed by atoms with van der Waals surface area (Å²) in [6.07, 6.45) is 3.73. The first-order chi connectivity index (χ1) is 10.1. The molecule has 0 aliphatic carbocycles. The van der Waals surface area contributed by atoms with Gasteiger partial charge < -0.3 is 10.1 Å². The minimum atomic E-state index is -0.530. The fraction of sp³-hybridized carbons (Fsp3) is 0.250. The highest BCUT2D eigenvalue weighted by molar-refractivity contribution is 5.88. The molecule has 0 amide bonds. The Morgan fingerprint density at radius 3 is 3.10 bits per heavy atom. The quantitative estimate of drug-likeness (QED) is 0.468. The summed E-state index contributed by atoms with van der Waals surface area (Å²) in [5.74, 6) is -0.387. The van der Waals surface area contributed by atoms with Crippen molar-refractivity contribution in [3.8, 4) is 0 Å². The molecule has 2 rings (SSSR count). The number of hydrogen-bond acceptors (Lipinski definition) is 7. The van der Waals surface area contributed by atoms with Crippen molar-refractivity contribution in [2.75, 3.05) is 11.9 Å². The molecule has 1 atom stereocenters. The van der Waals surface area contributed by atoms with Gasteiger partial charge in [-0.1, -0.05) is 0 Å². The van der Waals surface area contributed by atoms with Crippen molar-refractivity contribution in [1.82, 2.24) is 15.2 Å². The molecular weight excluding hydrogens is 278 g/mol. The van der Waals surface area contributed by atoms with E-state index in [0.717, 1.165) is 0 Å². The third kappa shape index (κ3) is 3.75. The molecule has 0 aliphatic rings. The number of esters is 1. The highest BCUT2D eigenvalue weighted by Crippen LogP contribution is 2.20. The maximum absolute atomic E-state index is 11.7. The highest BCUT2D eigenvalue weighted by atomic mass is 16.6. The first-order valence-electron chi connectivity index (χ1n) is 6.11. The molecule has 0 saturated carbocycles. The molecule has 0 aromatic carbocycles. The lowest BCUT2D eigenvalue weighted by Crippen LogP contribution is -2.23. The molecule has 0 aliphatic heterocycles. The number of nitrogens with one attached hydrogen (secondary N) is 2. The van der Waals surface area contributed by atoms with Gasteiger partial charge in [-0.15, -0.1) is 0 Å². The monoisotopic (exact) mass is 291 g/mol. The molecule has 9 heteroatoms. The van der Waals surface area contributed by atoms with Crippen LogP contribution in [0.4, 0.5) is 11.5 Å². The van der Waals surface area contributed by atoms with Crippen molar-refractivity contribution < 1.29 is 14.5 Å². The van der Waals surface area contributed by atoms with Crippen LogP contribution in [-0.2, 0) is 4.74 Å². The van der Waals surface area contributed by atoms with Gasteiger partial charge in [0.25, 0.3) is 0 Å². The Bertz CT molecular complexity index is 628. The van der Waals surface area contributed by atoms with Crippen molar-refractivity contribution in [2.45, 2.75) is 13.0 Å². The number of pyridine rings is 1. The number of hydrogen-bond donors (Lipinski definition) is 2. The fourth-order valence-corrected chi connectivity index (χ4v) is 1.58. The maximum atomic E-state index is 11.7. The van der Waals surface area contributed by atoms with Crippen molar-refractivity contribution in [3.05, 3.63) is 46.4 Å². The Kier molecular flexibility index (Phi) is 4.44. The van der Waals surface area contributed by atoms with E-state index in [0.29, 0.717) is 5.56 Å². The van der Waals surface area contributed by atoms with Crippen LogP contribution in [0.5, 0.6) is 0 Å². The summed E-state index contributed by atoms with van der Waals surface area (Å²) in [7, 11) is 0. The van der Waals surface area contributed by atoms with Crippen molar-refractivity contribution >= 4 is 17.5 Å². The largest absolute Gasteiger partial charge is 0.457 e. The van der Waals surface area contributed by atoms with E-state index < -0.39 is 17.0 Å². The van der Waals surface area contributed by atoms with E-state index >= 15 is 0 Å². The zero-order chi connectivity index (χ0) is 15.2. The van der Waals surface area contributed by atoms with Gasteiger partial charge in [0, 0.05) is 18.5 Å². The van der Waals surface area contributed by atoms with Crippen LogP contribution in [0.3, 0.4) is 0 Å². The zero-order valence-electron chi connectivity index (χ0n) is 11.1. The number of nitro groups is 1. The molecule has 21 heavy (non-hydrogen) atoms. The Morgan fingerprint density at radius 1 is 1.62 bits per heavy atom. The van der Waals surface area contributed by atoms with Crippen LogP contribution < -0.4 is 5.32 Å². The van der Waals surface area contributed by atoms with Gasteiger partial charge in [0.15, 0.2) is 0 Å². The molecule has 0 spiro atoms. The van der Waals surface area contributed by atoms with Gasteiger partial charge in [0.1, 0.15) is 6.10 Å². The SMILES string of the molecule is CC(CNc1ncccc1[N+](=O)[O-])OC(=O)c1cn[nH]c1. The summed E-state index contributed by atoms with van der Waals surface area (Å²) in [6.45, 7) is 1.86. The highest BCUT2D eigenvalue weighted by Gasteiger charge is 2.16. The second-order valence-electron chi connectivity index (χ2n) is 4.21. The molecule has 0 bridgehead atoms. The average Bonchev–Trinajstić information content (AvgIpc) is 2.99. The number of anilines is 1. The molecule has 2 heterocycles. The zero-order valence-corrected chi connectivity index (χ0v) is 11.1. The number of carbonyl (C=O) groups excluding carboxylic acids is 1. The molecule has 2 aromatic heterocycles. The van der Waals surface area contributed by atoms with Gasteiger partial charge >= 0.3 is 11.7 Å². The lowest BCUT2D eigenvalue weighted by molar-refractivity contribution is -0.384. The molecule has 9 nitrogen and oxygen atoms in total. The van der Waals surface area contributed by atoms with Crippen molar-refractivity contribution in [3.63, 3.8) is 0 Å². The van der Waals surface area contributed by atoms with Crippen LogP contribution in [0.15, 0.2) is 30.7 Å². The van der Waals surface area contributed by atoms with Crippen LogP contribution in [-0.4, -0.2) is 38.7 Å². The molecule has 2 N–H and O–H groups in total. The summed E-state index contributed by atoms with van der Waals surface area (Å²) >= 11 is 0. The average molecular weight is 291 g/mol. The number of nitrogens with zero attached hydrogens (tertiary/aromatic N) is 3. The van der Waals surface area contributed by atoms with Crippen LogP contribution in [0.25, 0.3) is 0 Å². The van der Waals surface area contributed by atoms with E-state index in [1.54, 1.807) is 6.92 Å². The smallest absolute Gasteiger partial charge is 0.341 e. The van der Waals surface area contributed by atoms with Gasteiger partial charge in [-0.25, -0.2) is 9.78 Å². The topological polar surface area (TPSA) is 123 Å². The second-order valence-corrected chi connectivity index (χ2v) is 4.21. The molecule has 1 unspecified atom stereocenters.